The zero-order chi connectivity index (χ0) is 17.5. The molecular weight excluding hydrogens is 361 g/mol. The van der Waals surface area contributed by atoms with Crippen molar-refractivity contribution in [2.45, 2.75) is 40.0 Å². The van der Waals surface area contributed by atoms with Crippen LogP contribution in [0.5, 0.6) is 0 Å². The quantitative estimate of drug-likeness (QED) is 0.635. The Bertz CT molecular complexity index is 756. The summed E-state index contributed by atoms with van der Waals surface area (Å²) in [5.41, 5.74) is 2.74. The third kappa shape index (κ3) is 3.49. The molecule has 1 N–H and O–H groups in total. The number of carbonyl (C=O) groups is 1. The maximum absolute atomic E-state index is 12.7. The second-order valence-electron chi connectivity index (χ2n) is 7.41. The van der Waals surface area contributed by atoms with Crippen LogP contribution in [0.15, 0.2) is 23.6 Å². The van der Waals surface area contributed by atoms with Crippen molar-refractivity contribution in [3.63, 3.8) is 0 Å². The molecule has 1 amide bonds. The van der Waals surface area contributed by atoms with E-state index in [1.807, 2.05) is 5.38 Å². The lowest BCUT2D eigenvalue weighted by molar-refractivity contribution is 0.102. The molecular formula is C19H21Cl2NOS. The molecule has 0 bridgehead atoms. The molecule has 1 aromatic heterocycles. The molecule has 5 heteroatoms. The summed E-state index contributed by atoms with van der Waals surface area (Å²) in [5.74, 6) is 0.536. The van der Waals surface area contributed by atoms with Crippen molar-refractivity contribution in [1.82, 2.24) is 0 Å². The average Bonchev–Trinajstić information content (AvgIpc) is 2.93. The van der Waals surface area contributed by atoms with Crippen molar-refractivity contribution >= 4 is 46.1 Å². The molecule has 1 aromatic carbocycles. The third-order valence-electron chi connectivity index (χ3n) is 4.83. The largest absolute Gasteiger partial charge is 0.319 e. The number of nitrogens with one attached hydrogen (secondary N) is 1. The molecule has 3 rings (SSSR count). The van der Waals surface area contributed by atoms with Crippen molar-refractivity contribution in [1.29, 1.82) is 0 Å². The Morgan fingerprint density at radius 1 is 1.25 bits per heavy atom. The van der Waals surface area contributed by atoms with E-state index in [2.05, 4.69) is 26.1 Å². The first kappa shape index (κ1) is 17.8. The minimum absolute atomic E-state index is 0.128. The maximum atomic E-state index is 12.7. The molecule has 24 heavy (non-hydrogen) atoms. The molecule has 1 aliphatic carbocycles. The summed E-state index contributed by atoms with van der Waals surface area (Å²) in [4.78, 5) is 14.1. The van der Waals surface area contributed by atoms with Gasteiger partial charge in [-0.3, -0.25) is 4.79 Å². The lowest BCUT2D eigenvalue weighted by atomic mass is 9.72. The van der Waals surface area contributed by atoms with E-state index in [0.29, 0.717) is 27.1 Å². The van der Waals surface area contributed by atoms with Crippen molar-refractivity contribution in [2.75, 3.05) is 5.32 Å². The lowest BCUT2D eigenvalue weighted by Crippen LogP contribution is -2.27. The fourth-order valence-electron chi connectivity index (χ4n) is 3.24. The van der Waals surface area contributed by atoms with Gasteiger partial charge in [0.2, 0.25) is 0 Å². The van der Waals surface area contributed by atoms with E-state index in [0.717, 1.165) is 24.8 Å². The summed E-state index contributed by atoms with van der Waals surface area (Å²) in [7, 11) is 0. The number of benzene rings is 1. The molecule has 2 aromatic rings. The van der Waals surface area contributed by atoms with Gasteiger partial charge in [0.15, 0.2) is 0 Å². The van der Waals surface area contributed by atoms with Crippen LogP contribution < -0.4 is 5.32 Å². The van der Waals surface area contributed by atoms with Crippen molar-refractivity contribution in [3.05, 3.63) is 49.6 Å². The van der Waals surface area contributed by atoms with Gasteiger partial charge in [-0.25, -0.2) is 0 Å². The molecule has 1 heterocycles. The Morgan fingerprint density at radius 2 is 1.92 bits per heavy atom. The van der Waals surface area contributed by atoms with Crippen LogP contribution in [0.1, 0.15) is 48.0 Å². The van der Waals surface area contributed by atoms with Crippen LogP contribution in [0.2, 0.25) is 10.0 Å². The minimum atomic E-state index is -0.128. The second kappa shape index (κ2) is 6.70. The third-order valence-corrected chi connectivity index (χ3v) is 6.51. The molecule has 0 fully saturated rings. The zero-order valence-electron chi connectivity index (χ0n) is 14.1. The first-order valence-electron chi connectivity index (χ1n) is 8.12. The average molecular weight is 382 g/mol. The Morgan fingerprint density at radius 3 is 2.54 bits per heavy atom. The molecule has 0 radical (unpaired) electrons. The van der Waals surface area contributed by atoms with Crippen molar-refractivity contribution in [2.24, 2.45) is 11.3 Å². The predicted molar refractivity (Wildman–Crippen MR) is 104 cm³/mol. The Kier molecular flexibility index (Phi) is 4.96. The van der Waals surface area contributed by atoms with E-state index < -0.39 is 0 Å². The topological polar surface area (TPSA) is 29.1 Å². The zero-order valence-corrected chi connectivity index (χ0v) is 16.4. The molecule has 0 saturated carbocycles. The standard InChI is InChI=1S/C19H21Cl2NOS/c1-19(2,3)11-7-8-12-13(10-24-16(12)9-11)18(23)22-17-14(20)5-4-6-15(17)21/h4-6,10-11H,7-9H2,1-3H3,(H,22,23). The van der Waals surface area contributed by atoms with Gasteiger partial charge in [-0.2, -0.15) is 0 Å². The molecule has 1 atom stereocenters. The summed E-state index contributed by atoms with van der Waals surface area (Å²) in [6, 6.07) is 5.21. The summed E-state index contributed by atoms with van der Waals surface area (Å²) < 4.78 is 0. The number of anilines is 1. The fourth-order valence-corrected chi connectivity index (χ4v) is 4.89. The van der Waals surface area contributed by atoms with Crippen molar-refractivity contribution in [3.8, 4) is 0 Å². The molecule has 1 aliphatic rings. The highest BCUT2D eigenvalue weighted by Gasteiger charge is 2.31. The second-order valence-corrected chi connectivity index (χ2v) is 9.19. The minimum Gasteiger partial charge on any atom is -0.319 e. The number of hydrogen-bond donors (Lipinski definition) is 1. The number of rotatable bonds is 2. The smallest absolute Gasteiger partial charge is 0.256 e. The van der Waals surface area contributed by atoms with E-state index in [1.165, 1.54) is 10.4 Å². The monoisotopic (exact) mass is 381 g/mol. The summed E-state index contributed by atoms with van der Waals surface area (Å²) in [6.07, 6.45) is 3.14. The van der Waals surface area contributed by atoms with E-state index in [4.69, 9.17) is 23.2 Å². The van der Waals surface area contributed by atoms with Crippen LogP contribution in [-0.2, 0) is 12.8 Å². The van der Waals surface area contributed by atoms with E-state index >= 15 is 0 Å². The molecule has 1 unspecified atom stereocenters. The molecule has 0 aliphatic heterocycles. The number of halogens is 2. The van der Waals surface area contributed by atoms with Crippen molar-refractivity contribution < 1.29 is 4.79 Å². The number of carbonyl (C=O) groups excluding carboxylic acids is 1. The van der Waals surface area contributed by atoms with E-state index in [9.17, 15) is 4.79 Å². The van der Waals surface area contributed by atoms with Gasteiger partial charge in [0, 0.05) is 10.3 Å². The molecule has 0 saturated heterocycles. The first-order chi connectivity index (χ1) is 11.3. The lowest BCUT2D eigenvalue weighted by Gasteiger charge is -2.34. The number of hydrogen-bond acceptors (Lipinski definition) is 2. The van der Waals surface area contributed by atoms with Gasteiger partial charge in [-0.1, -0.05) is 50.0 Å². The SMILES string of the molecule is CC(C)(C)C1CCc2c(C(=O)Nc3c(Cl)cccc3Cl)csc2C1. The number of para-hydroxylation sites is 1. The van der Waals surface area contributed by atoms with Gasteiger partial charge in [-0.05, 0) is 48.3 Å². The maximum Gasteiger partial charge on any atom is 0.256 e. The summed E-state index contributed by atoms with van der Waals surface area (Å²) in [5, 5.41) is 5.75. The Labute approximate surface area is 157 Å². The Hall–Kier alpha value is -1.03. The first-order valence-corrected chi connectivity index (χ1v) is 9.75. The molecule has 0 spiro atoms. The van der Waals surface area contributed by atoms with Gasteiger partial charge in [0.1, 0.15) is 0 Å². The van der Waals surface area contributed by atoms with E-state index in [1.54, 1.807) is 29.5 Å². The summed E-state index contributed by atoms with van der Waals surface area (Å²) in [6.45, 7) is 6.88. The molecule has 128 valence electrons. The van der Waals surface area contributed by atoms with Crippen LogP contribution in [0, 0.1) is 11.3 Å². The number of thiophene rings is 1. The van der Waals surface area contributed by atoms with E-state index in [-0.39, 0.29) is 5.91 Å². The number of fused-ring (bicyclic) bond motifs is 1. The van der Waals surface area contributed by atoms with Crippen LogP contribution >= 0.6 is 34.5 Å². The predicted octanol–water partition coefficient (Wildman–Crippen LogP) is 6.46. The van der Waals surface area contributed by atoms with Gasteiger partial charge in [0.25, 0.3) is 5.91 Å². The highest BCUT2D eigenvalue weighted by molar-refractivity contribution is 7.10. The fraction of sp³-hybridized carbons (Fsp3) is 0.421. The van der Waals surface area contributed by atoms with Crippen LogP contribution in [-0.4, -0.2) is 5.91 Å². The Balaban J connectivity index is 1.83. The van der Waals surface area contributed by atoms with Crippen LogP contribution in [0.3, 0.4) is 0 Å². The highest BCUT2D eigenvalue weighted by Crippen LogP contribution is 2.41. The molecule has 2 nitrogen and oxygen atoms in total. The van der Waals surface area contributed by atoms with Crippen LogP contribution in [0.4, 0.5) is 5.69 Å². The van der Waals surface area contributed by atoms with Gasteiger partial charge in [0.05, 0.1) is 21.3 Å². The summed E-state index contributed by atoms with van der Waals surface area (Å²) >= 11 is 14.0. The number of amides is 1. The highest BCUT2D eigenvalue weighted by atomic mass is 35.5. The van der Waals surface area contributed by atoms with Crippen LogP contribution in [0.25, 0.3) is 0 Å². The van der Waals surface area contributed by atoms with Gasteiger partial charge in [-0.15, -0.1) is 11.3 Å². The normalized spacial score (nSPS) is 17.5. The van der Waals surface area contributed by atoms with Gasteiger partial charge >= 0.3 is 0 Å². The van der Waals surface area contributed by atoms with Gasteiger partial charge < -0.3 is 5.32 Å².